The van der Waals surface area contributed by atoms with E-state index in [9.17, 15) is 13.6 Å². The van der Waals surface area contributed by atoms with E-state index in [0.29, 0.717) is 17.1 Å². The fraction of sp³-hybridized carbons (Fsp3) is 0.235. The Morgan fingerprint density at radius 1 is 1.14 bits per heavy atom. The van der Waals surface area contributed by atoms with Gasteiger partial charge < -0.3 is 5.32 Å². The molecule has 0 bridgehead atoms. The maximum atomic E-state index is 13.4. The molecule has 0 radical (unpaired) electrons. The quantitative estimate of drug-likeness (QED) is 0.803. The highest BCUT2D eigenvalue weighted by Gasteiger charge is 2.10. The summed E-state index contributed by atoms with van der Waals surface area (Å²) in [5, 5.41) is 2.85. The smallest absolute Gasteiger partial charge is 0.221 e. The van der Waals surface area contributed by atoms with Crippen LogP contribution >= 0.6 is 11.8 Å². The third-order valence-electron chi connectivity index (χ3n) is 3.17. The molecule has 0 saturated carbocycles. The number of rotatable bonds is 6. The van der Waals surface area contributed by atoms with Gasteiger partial charge in [0, 0.05) is 17.1 Å². The second-order valence-electron chi connectivity index (χ2n) is 4.87. The molecule has 2 rings (SSSR count). The lowest BCUT2D eigenvalue weighted by molar-refractivity contribution is -0.121. The van der Waals surface area contributed by atoms with Crippen molar-refractivity contribution in [2.45, 2.75) is 24.3 Å². The Kier molecular flexibility index (Phi) is 5.95. The van der Waals surface area contributed by atoms with E-state index < -0.39 is 0 Å². The summed E-state index contributed by atoms with van der Waals surface area (Å²) < 4.78 is 26.3. The van der Waals surface area contributed by atoms with Crippen LogP contribution < -0.4 is 5.32 Å². The van der Waals surface area contributed by atoms with Crippen molar-refractivity contribution in [3.05, 3.63) is 65.7 Å². The molecule has 1 atom stereocenters. The van der Waals surface area contributed by atoms with Crippen molar-refractivity contribution in [2.75, 3.05) is 5.75 Å². The van der Waals surface area contributed by atoms with E-state index in [4.69, 9.17) is 0 Å². The molecule has 0 spiro atoms. The average molecular weight is 321 g/mol. The number of amides is 1. The number of carbonyl (C=O) groups excluding carboxylic acids is 1. The minimum atomic E-state index is -0.302. The van der Waals surface area contributed by atoms with Gasteiger partial charge in [0.1, 0.15) is 11.6 Å². The van der Waals surface area contributed by atoms with Gasteiger partial charge in [-0.05, 0) is 36.8 Å². The van der Waals surface area contributed by atoms with Crippen molar-refractivity contribution < 1.29 is 13.6 Å². The minimum Gasteiger partial charge on any atom is -0.350 e. The summed E-state index contributed by atoms with van der Waals surface area (Å²) in [6.45, 7) is 1.84. The van der Waals surface area contributed by atoms with Crippen LogP contribution in [-0.4, -0.2) is 11.7 Å². The monoisotopic (exact) mass is 321 g/mol. The molecule has 2 nitrogen and oxygen atoms in total. The highest BCUT2D eigenvalue weighted by Crippen LogP contribution is 2.22. The average Bonchev–Trinajstić information content (AvgIpc) is 2.50. The molecular formula is C17H17F2NOS. The van der Waals surface area contributed by atoms with Gasteiger partial charge in [0.15, 0.2) is 0 Å². The molecule has 0 fully saturated rings. The van der Waals surface area contributed by atoms with Crippen molar-refractivity contribution in [3.63, 3.8) is 0 Å². The maximum Gasteiger partial charge on any atom is 0.221 e. The Bertz CT molecular complexity index is 631. The fourth-order valence-corrected chi connectivity index (χ4v) is 2.85. The number of hydrogen-bond donors (Lipinski definition) is 1. The summed E-state index contributed by atoms with van der Waals surface area (Å²) >= 11 is 1.31. The van der Waals surface area contributed by atoms with E-state index in [1.165, 1.54) is 30.0 Å². The van der Waals surface area contributed by atoms with Gasteiger partial charge in [-0.15, -0.1) is 11.8 Å². The highest BCUT2D eigenvalue weighted by molar-refractivity contribution is 7.99. The van der Waals surface area contributed by atoms with E-state index in [-0.39, 0.29) is 23.6 Å². The van der Waals surface area contributed by atoms with Gasteiger partial charge in [0.25, 0.3) is 0 Å². The maximum absolute atomic E-state index is 13.4. The summed E-state index contributed by atoms with van der Waals surface area (Å²) in [4.78, 5) is 12.4. The standard InChI is InChI=1S/C17H17F2NOS/c1-12(13-6-8-14(18)9-7-13)20-17(21)10-11-22-16-5-3-2-4-15(16)19/h2-9,12H,10-11H2,1H3,(H,20,21). The molecule has 0 aliphatic rings. The number of thioether (sulfide) groups is 1. The van der Waals surface area contributed by atoms with E-state index in [1.807, 2.05) is 6.92 Å². The summed E-state index contributed by atoms with van der Waals surface area (Å²) in [6.07, 6.45) is 0.296. The predicted molar refractivity (Wildman–Crippen MR) is 84.7 cm³/mol. The van der Waals surface area contributed by atoms with Crippen LogP contribution in [0.25, 0.3) is 0 Å². The van der Waals surface area contributed by atoms with Gasteiger partial charge in [0.2, 0.25) is 5.91 Å². The van der Waals surface area contributed by atoms with Gasteiger partial charge in [-0.25, -0.2) is 8.78 Å². The van der Waals surface area contributed by atoms with Crippen LogP contribution in [0, 0.1) is 11.6 Å². The molecule has 22 heavy (non-hydrogen) atoms. The van der Waals surface area contributed by atoms with Gasteiger partial charge in [0.05, 0.1) is 6.04 Å². The first-order valence-electron chi connectivity index (χ1n) is 6.98. The first-order valence-corrected chi connectivity index (χ1v) is 7.97. The summed E-state index contributed by atoms with van der Waals surface area (Å²) in [5.41, 5.74) is 0.844. The Labute approximate surface area is 132 Å². The third-order valence-corrected chi connectivity index (χ3v) is 4.22. The van der Waals surface area contributed by atoms with Crippen LogP contribution in [0.1, 0.15) is 24.9 Å². The molecule has 0 aliphatic carbocycles. The number of carbonyl (C=O) groups is 1. The molecule has 116 valence electrons. The van der Waals surface area contributed by atoms with Crippen LogP contribution in [0.5, 0.6) is 0 Å². The van der Waals surface area contributed by atoms with Gasteiger partial charge in [-0.3, -0.25) is 4.79 Å². The highest BCUT2D eigenvalue weighted by atomic mass is 32.2. The second kappa shape index (κ2) is 7.94. The van der Waals surface area contributed by atoms with Gasteiger partial charge >= 0.3 is 0 Å². The zero-order valence-corrected chi connectivity index (χ0v) is 13.0. The number of benzene rings is 2. The van der Waals surface area contributed by atoms with Crippen LogP contribution in [0.4, 0.5) is 8.78 Å². The topological polar surface area (TPSA) is 29.1 Å². The van der Waals surface area contributed by atoms with Crippen molar-refractivity contribution >= 4 is 17.7 Å². The van der Waals surface area contributed by atoms with E-state index in [0.717, 1.165) is 5.56 Å². The SMILES string of the molecule is CC(NC(=O)CCSc1ccccc1F)c1ccc(F)cc1. The lowest BCUT2D eigenvalue weighted by Gasteiger charge is -2.14. The summed E-state index contributed by atoms with van der Waals surface area (Å²) in [7, 11) is 0. The molecule has 0 saturated heterocycles. The molecule has 1 amide bonds. The van der Waals surface area contributed by atoms with Crippen LogP contribution in [0.3, 0.4) is 0 Å². The third kappa shape index (κ3) is 4.84. The first-order chi connectivity index (χ1) is 10.6. The fourth-order valence-electron chi connectivity index (χ4n) is 1.96. The molecule has 2 aromatic carbocycles. The normalized spacial score (nSPS) is 12.0. The Hall–Kier alpha value is -1.88. The molecule has 0 heterocycles. The van der Waals surface area contributed by atoms with Gasteiger partial charge in [-0.1, -0.05) is 24.3 Å². The Morgan fingerprint density at radius 3 is 2.50 bits per heavy atom. The van der Waals surface area contributed by atoms with E-state index >= 15 is 0 Å². The van der Waals surface area contributed by atoms with E-state index in [1.54, 1.807) is 30.3 Å². The Balaban J connectivity index is 1.78. The second-order valence-corrected chi connectivity index (χ2v) is 6.01. The summed E-state index contributed by atoms with van der Waals surface area (Å²) in [5.74, 6) is -0.181. The van der Waals surface area contributed by atoms with Crippen molar-refractivity contribution in [1.29, 1.82) is 0 Å². The lowest BCUT2D eigenvalue weighted by atomic mass is 10.1. The lowest BCUT2D eigenvalue weighted by Crippen LogP contribution is -2.26. The minimum absolute atomic E-state index is 0.110. The van der Waals surface area contributed by atoms with Crippen LogP contribution in [-0.2, 0) is 4.79 Å². The number of nitrogens with one attached hydrogen (secondary N) is 1. The number of halogens is 2. The molecular weight excluding hydrogens is 304 g/mol. The molecule has 0 aliphatic heterocycles. The zero-order valence-electron chi connectivity index (χ0n) is 12.2. The molecule has 5 heteroatoms. The largest absolute Gasteiger partial charge is 0.350 e. The zero-order chi connectivity index (χ0) is 15.9. The van der Waals surface area contributed by atoms with Crippen molar-refractivity contribution in [3.8, 4) is 0 Å². The van der Waals surface area contributed by atoms with E-state index in [2.05, 4.69) is 5.32 Å². The predicted octanol–water partition coefficient (Wildman–Crippen LogP) is 4.32. The van der Waals surface area contributed by atoms with Crippen molar-refractivity contribution in [1.82, 2.24) is 5.32 Å². The molecule has 2 aromatic rings. The summed E-state index contributed by atoms with van der Waals surface area (Å²) in [6, 6.07) is 12.3. The van der Waals surface area contributed by atoms with Crippen molar-refractivity contribution in [2.24, 2.45) is 0 Å². The molecule has 1 unspecified atom stereocenters. The van der Waals surface area contributed by atoms with Crippen LogP contribution in [0.2, 0.25) is 0 Å². The van der Waals surface area contributed by atoms with Gasteiger partial charge in [-0.2, -0.15) is 0 Å². The first kappa shape index (κ1) is 16.5. The molecule has 1 N–H and O–H groups in total. The molecule has 0 aromatic heterocycles. The van der Waals surface area contributed by atoms with Crippen LogP contribution in [0.15, 0.2) is 53.4 Å². The number of hydrogen-bond acceptors (Lipinski definition) is 2. The Morgan fingerprint density at radius 2 is 1.82 bits per heavy atom.